The minimum atomic E-state index is -0.989. The van der Waals surface area contributed by atoms with Crippen molar-refractivity contribution in [3.8, 4) is 0 Å². The second kappa shape index (κ2) is 3.34. The first-order chi connectivity index (χ1) is 7.09. The predicted octanol–water partition coefficient (Wildman–Crippen LogP) is 1.78. The van der Waals surface area contributed by atoms with Gasteiger partial charge in [0.25, 0.3) is 0 Å². The number of carboxylic acids is 1. The summed E-state index contributed by atoms with van der Waals surface area (Å²) in [6, 6.07) is 0. The molecule has 0 saturated carbocycles. The molecule has 0 atom stereocenters. The summed E-state index contributed by atoms with van der Waals surface area (Å²) < 4.78 is 0. The van der Waals surface area contributed by atoms with Crippen molar-refractivity contribution in [2.24, 2.45) is 0 Å². The van der Waals surface area contributed by atoms with Gasteiger partial charge < -0.3 is 10.1 Å². The molecule has 15 heavy (non-hydrogen) atoms. The Kier molecular flexibility index (Phi) is 2.15. The quantitative estimate of drug-likeness (QED) is 0.783. The predicted molar refractivity (Wildman–Crippen MR) is 54.9 cm³/mol. The maximum atomic E-state index is 10.9. The van der Waals surface area contributed by atoms with Crippen molar-refractivity contribution in [3.63, 3.8) is 0 Å². The normalized spacial score (nSPS) is 11.1. The lowest BCUT2D eigenvalue weighted by Crippen LogP contribution is -1.99. The summed E-state index contributed by atoms with van der Waals surface area (Å²) in [6.07, 6.45) is 3.08. The van der Waals surface area contributed by atoms with Gasteiger partial charge in [-0.3, -0.25) is 0 Å². The van der Waals surface area contributed by atoms with E-state index in [1.165, 1.54) is 6.20 Å². The average Bonchev–Trinajstić information content (AvgIpc) is 2.59. The number of rotatable bonds is 2. The van der Waals surface area contributed by atoms with Crippen LogP contribution >= 0.6 is 0 Å². The molecule has 2 aromatic rings. The largest absolute Gasteiger partial charge is 0.478 e. The van der Waals surface area contributed by atoms with Crippen molar-refractivity contribution in [1.29, 1.82) is 0 Å². The van der Waals surface area contributed by atoms with Gasteiger partial charge in [-0.15, -0.1) is 0 Å². The third kappa shape index (κ3) is 1.56. The molecule has 78 valence electrons. The summed E-state index contributed by atoms with van der Waals surface area (Å²) in [5, 5.41) is 8.91. The molecule has 5 nitrogen and oxygen atoms in total. The van der Waals surface area contributed by atoms with Gasteiger partial charge in [0.2, 0.25) is 0 Å². The molecule has 0 fully saturated rings. The highest BCUT2D eigenvalue weighted by Gasteiger charge is 2.13. The van der Waals surface area contributed by atoms with E-state index in [1.54, 1.807) is 6.20 Å². The number of nitrogens with zero attached hydrogens (tertiary/aromatic N) is 2. The smallest absolute Gasteiger partial charge is 0.339 e. The van der Waals surface area contributed by atoms with Crippen LogP contribution in [0.25, 0.3) is 11.2 Å². The third-order valence-electron chi connectivity index (χ3n) is 2.22. The number of carboxylic acid groups (broad SMARTS) is 1. The van der Waals surface area contributed by atoms with Crippen LogP contribution in [0, 0.1) is 0 Å². The second-order valence-electron chi connectivity index (χ2n) is 3.65. The molecule has 2 aromatic heterocycles. The molecule has 0 bridgehead atoms. The van der Waals surface area contributed by atoms with Crippen molar-refractivity contribution in [2.45, 2.75) is 19.8 Å². The Bertz CT molecular complexity index is 516. The number of hydrogen-bond donors (Lipinski definition) is 2. The molecule has 0 aliphatic rings. The molecule has 0 aliphatic carbocycles. The van der Waals surface area contributed by atoms with Crippen molar-refractivity contribution in [3.05, 3.63) is 23.7 Å². The summed E-state index contributed by atoms with van der Waals surface area (Å²) in [6.45, 7) is 3.98. The van der Waals surface area contributed by atoms with E-state index in [0.717, 1.165) is 5.69 Å². The number of carbonyl (C=O) groups is 1. The second-order valence-corrected chi connectivity index (χ2v) is 3.65. The van der Waals surface area contributed by atoms with Gasteiger partial charge in [-0.1, -0.05) is 13.8 Å². The summed E-state index contributed by atoms with van der Waals surface area (Å²) in [4.78, 5) is 22.1. The Morgan fingerprint density at radius 3 is 2.87 bits per heavy atom. The molecule has 0 amide bonds. The third-order valence-corrected chi connectivity index (χ3v) is 2.22. The Labute approximate surface area is 86.2 Å². The first kappa shape index (κ1) is 9.64. The summed E-state index contributed by atoms with van der Waals surface area (Å²) >= 11 is 0. The Hall–Kier alpha value is -1.91. The molecule has 2 N–H and O–H groups in total. The average molecular weight is 205 g/mol. The number of fused-ring (bicyclic) bond motifs is 1. The van der Waals surface area contributed by atoms with Crippen molar-refractivity contribution in [2.75, 3.05) is 0 Å². The van der Waals surface area contributed by atoms with E-state index in [1.807, 2.05) is 13.8 Å². The maximum Gasteiger partial charge on any atom is 0.339 e. The highest BCUT2D eigenvalue weighted by Crippen LogP contribution is 2.17. The molecule has 0 spiro atoms. The van der Waals surface area contributed by atoms with E-state index in [9.17, 15) is 4.79 Å². The maximum absolute atomic E-state index is 10.9. The number of nitrogens with one attached hydrogen (secondary N) is 1. The molecular weight excluding hydrogens is 194 g/mol. The monoisotopic (exact) mass is 205 g/mol. The lowest BCUT2D eigenvalue weighted by atomic mass is 10.1. The minimum Gasteiger partial charge on any atom is -0.478 e. The van der Waals surface area contributed by atoms with Gasteiger partial charge in [0, 0.05) is 6.20 Å². The molecule has 2 heterocycles. The van der Waals surface area contributed by atoms with Crippen LogP contribution in [-0.4, -0.2) is 26.0 Å². The van der Waals surface area contributed by atoms with E-state index in [-0.39, 0.29) is 11.5 Å². The molecule has 0 saturated heterocycles. The molecular formula is C10H11N3O2. The van der Waals surface area contributed by atoms with Crippen LogP contribution in [0.15, 0.2) is 12.4 Å². The summed E-state index contributed by atoms with van der Waals surface area (Å²) in [5.41, 5.74) is 1.90. The fourth-order valence-electron chi connectivity index (χ4n) is 1.35. The topological polar surface area (TPSA) is 78.9 Å². The van der Waals surface area contributed by atoms with Crippen molar-refractivity contribution < 1.29 is 9.90 Å². The zero-order valence-corrected chi connectivity index (χ0v) is 8.48. The van der Waals surface area contributed by atoms with Gasteiger partial charge in [0.1, 0.15) is 11.1 Å². The van der Waals surface area contributed by atoms with E-state index in [0.29, 0.717) is 11.2 Å². The number of aromatic amines is 1. The zero-order chi connectivity index (χ0) is 11.0. The number of aromatic nitrogens is 3. The minimum absolute atomic E-state index is 0.167. The van der Waals surface area contributed by atoms with Crippen molar-refractivity contribution in [1.82, 2.24) is 15.0 Å². The standard InChI is InChI=1S/C10H11N3O2/c1-5(2)7-4-12-9-8(13-7)6(3-11-9)10(14)15/h3-5H,1-2H3,(H,11,12)(H,14,15). The van der Waals surface area contributed by atoms with Crippen molar-refractivity contribution >= 4 is 17.1 Å². The highest BCUT2D eigenvalue weighted by atomic mass is 16.4. The van der Waals surface area contributed by atoms with Crippen LogP contribution in [-0.2, 0) is 0 Å². The van der Waals surface area contributed by atoms with Gasteiger partial charge in [0.05, 0.1) is 11.9 Å². The Balaban J connectivity index is 2.66. The highest BCUT2D eigenvalue weighted by molar-refractivity contribution is 6.00. The van der Waals surface area contributed by atoms with E-state index in [4.69, 9.17) is 5.11 Å². The van der Waals surface area contributed by atoms with Crippen LogP contribution in [0.5, 0.6) is 0 Å². The fourth-order valence-corrected chi connectivity index (χ4v) is 1.35. The van der Waals surface area contributed by atoms with Gasteiger partial charge in [-0.05, 0) is 5.92 Å². The first-order valence-electron chi connectivity index (χ1n) is 4.67. The van der Waals surface area contributed by atoms with Crippen LogP contribution < -0.4 is 0 Å². The van der Waals surface area contributed by atoms with Crippen LogP contribution in [0.4, 0.5) is 0 Å². The summed E-state index contributed by atoms with van der Waals surface area (Å²) in [5.74, 6) is -0.755. The molecule has 0 unspecified atom stereocenters. The first-order valence-corrected chi connectivity index (χ1v) is 4.67. The summed E-state index contributed by atoms with van der Waals surface area (Å²) in [7, 11) is 0. The van der Waals surface area contributed by atoms with Crippen LogP contribution in [0.2, 0.25) is 0 Å². The Morgan fingerprint density at radius 2 is 2.27 bits per heavy atom. The number of H-pyrrole nitrogens is 1. The lowest BCUT2D eigenvalue weighted by molar-refractivity contribution is 0.0699. The molecule has 0 aromatic carbocycles. The van der Waals surface area contributed by atoms with Gasteiger partial charge in [0.15, 0.2) is 5.65 Å². The zero-order valence-electron chi connectivity index (χ0n) is 8.48. The Morgan fingerprint density at radius 1 is 1.53 bits per heavy atom. The molecule has 2 rings (SSSR count). The SMILES string of the molecule is CC(C)c1cnc2[nH]cc(C(=O)O)c2n1. The van der Waals surface area contributed by atoms with E-state index in [2.05, 4.69) is 15.0 Å². The lowest BCUT2D eigenvalue weighted by Gasteiger charge is -2.02. The van der Waals surface area contributed by atoms with Gasteiger partial charge in [-0.2, -0.15) is 0 Å². The molecule has 0 radical (unpaired) electrons. The fraction of sp³-hybridized carbons (Fsp3) is 0.300. The van der Waals surface area contributed by atoms with Gasteiger partial charge in [-0.25, -0.2) is 14.8 Å². The van der Waals surface area contributed by atoms with E-state index >= 15 is 0 Å². The van der Waals surface area contributed by atoms with Gasteiger partial charge >= 0.3 is 5.97 Å². The van der Waals surface area contributed by atoms with E-state index < -0.39 is 5.97 Å². The number of hydrogen-bond acceptors (Lipinski definition) is 3. The van der Waals surface area contributed by atoms with Crippen LogP contribution in [0.1, 0.15) is 35.8 Å². The molecule has 5 heteroatoms. The van der Waals surface area contributed by atoms with Crippen LogP contribution in [0.3, 0.4) is 0 Å². The number of aromatic carboxylic acids is 1. The molecule has 0 aliphatic heterocycles.